The highest BCUT2D eigenvalue weighted by Crippen LogP contribution is 2.26. The number of halogens is 1. The molecule has 1 aliphatic carbocycles. The number of amides is 1. The van der Waals surface area contributed by atoms with Crippen LogP contribution in [0.3, 0.4) is 0 Å². The Labute approximate surface area is 146 Å². The lowest BCUT2D eigenvalue weighted by atomic mass is 9.94. The predicted octanol–water partition coefficient (Wildman–Crippen LogP) is 3.61. The Bertz CT molecular complexity index is 541. The number of carbonyl (C=O) groups is 2. The van der Waals surface area contributed by atoms with Gasteiger partial charge in [0.15, 0.2) is 5.69 Å². The molecule has 7 heteroatoms. The van der Waals surface area contributed by atoms with E-state index in [1.165, 1.54) is 17.8 Å². The molecule has 0 aromatic carbocycles. The lowest BCUT2D eigenvalue weighted by Crippen LogP contribution is -2.43. The summed E-state index contributed by atoms with van der Waals surface area (Å²) in [4.78, 5) is 30.3. The minimum absolute atomic E-state index is 0.0635. The predicted molar refractivity (Wildman–Crippen MR) is 90.8 cm³/mol. The molecule has 1 heterocycles. The molecule has 1 fully saturated rings. The number of esters is 1. The molecule has 1 aliphatic rings. The summed E-state index contributed by atoms with van der Waals surface area (Å²) < 4.78 is 4.95. The lowest BCUT2D eigenvalue weighted by molar-refractivity contribution is -0.134. The van der Waals surface area contributed by atoms with Crippen molar-refractivity contribution in [2.45, 2.75) is 63.9 Å². The van der Waals surface area contributed by atoms with Gasteiger partial charge in [0.25, 0.3) is 0 Å². The molecule has 0 aliphatic heterocycles. The lowest BCUT2D eigenvalue weighted by Gasteiger charge is -2.34. The molecule has 128 valence electrons. The zero-order valence-corrected chi connectivity index (χ0v) is 15.2. The molecule has 1 unspecified atom stereocenters. The molecule has 1 amide bonds. The number of alkyl halides is 1. The van der Waals surface area contributed by atoms with Crippen LogP contribution >= 0.6 is 22.9 Å². The Morgan fingerprint density at radius 3 is 2.74 bits per heavy atom. The van der Waals surface area contributed by atoms with Crippen LogP contribution in [-0.2, 0) is 16.1 Å². The minimum atomic E-state index is -0.554. The van der Waals surface area contributed by atoms with Gasteiger partial charge in [0, 0.05) is 11.4 Å². The van der Waals surface area contributed by atoms with E-state index in [0.717, 1.165) is 30.7 Å². The van der Waals surface area contributed by atoms with Crippen molar-refractivity contribution < 1.29 is 14.3 Å². The van der Waals surface area contributed by atoms with Gasteiger partial charge in [-0.3, -0.25) is 4.79 Å². The Kier molecular flexibility index (Phi) is 6.84. The number of nitrogens with zero attached hydrogens (tertiary/aromatic N) is 2. The van der Waals surface area contributed by atoms with Gasteiger partial charge in [-0.05, 0) is 26.7 Å². The van der Waals surface area contributed by atoms with Crippen LogP contribution in [0.25, 0.3) is 0 Å². The number of ether oxygens (including phenoxy) is 1. The number of rotatable bonds is 6. The Morgan fingerprint density at radius 2 is 2.13 bits per heavy atom. The molecule has 0 N–H and O–H groups in total. The molecule has 2 rings (SSSR count). The first kappa shape index (κ1) is 18.2. The van der Waals surface area contributed by atoms with Crippen LogP contribution in [0.2, 0.25) is 0 Å². The fourth-order valence-electron chi connectivity index (χ4n) is 2.84. The Hall–Kier alpha value is -1.14. The first-order chi connectivity index (χ1) is 11.0. The van der Waals surface area contributed by atoms with E-state index in [1.54, 1.807) is 19.2 Å². The van der Waals surface area contributed by atoms with Gasteiger partial charge in [-0.15, -0.1) is 22.9 Å². The van der Waals surface area contributed by atoms with Crippen molar-refractivity contribution in [2.75, 3.05) is 6.61 Å². The summed E-state index contributed by atoms with van der Waals surface area (Å²) in [6.07, 6.45) is 5.50. The number of hydrogen-bond donors (Lipinski definition) is 0. The molecule has 1 saturated carbocycles. The monoisotopic (exact) mass is 358 g/mol. The molecule has 0 spiro atoms. The van der Waals surface area contributed by atoms with Crippen LogP contribution in [0.1, 0.15) is 61.4 Å². The van der Waals surface area contributed by atoms with E-state index in [9.17, 15) is 9.59 Å². The van der Waals surface area contributed by atoms with E-state index >= 15 is 0 Å². The third-order valence-corrected chi connectivity index (χ3v) is 5.00. The second-order valence-electron chi connectivity index (χ2n) is 5.72. The van der Waals surface area contributed by atoms with Crippen LogP contribution < -0.4 is 0 Å². The van der Waals surface area contributed by atoms with Crippen molar-refractivity contribution in [3.05, 3.63) is 16.1 Å². The fraction of sp³-hybridized carbons (Fsp3) is 0.688. The smallest absolute Gasteiger partial charge is 0.357 e. The van der Waals surface area contributed by atoms with E-state index < -0.39 is 11.3 Å². The van der Waals surface area contributed by atoms with E-state index in [0.29, 0.717) is 18.8 Å². The van der Waals surface area contributed by atoms with Gasteiger partial charge in [0.1, 0.15) is 10.4 Å². The fourth-order valence-corrected chi connectivity index (χ4v) is 3.72. The number of aromatic nitrogens is 1. The van der Waals surface area contributed by atoms with Gasteiger partial charge in [-0.25, -0.2) is 9.78 Å². The molecule has 1 atom stereocenters. The maximum atomic E-state index is 12.5. The minimum Gasteiger partial charge on any atom is -0.461 e. The average molecular weight is 359 g/mol. The largest absolute Gasteiger partial charge is 0.461 e. The van der Waals surface area contributed by atoms with Crippen molar-refractivity contribution in [2.24, 2.45) is 0 Å². The second kappa shape index (κ2) is 8.64. The molecule has 0 radical (unpaired) electrons. The van der Waals surface area contributed by atoms with Crippen molar-refractivity contribution in [3.8, 4) is 0 Å². The average Bonchev–Trinajstić information content (AvgIpc) is 3.02. The molecule has 1 aromatic heterocycles. The maximum absolute atomic E-state index is 12.5. The van der Waals surface area contributed by atoms with Gasteiger partial charge in [0.2, 0.25) is 5.91 Å². The van der Waals surface area contributed by atoms with Crippen LogP contribution in [-0.4, -0.2) is 39.8 Å². The van der Waals surface area contributed by atoms with Gasteiger partial charge in [0.05, 0.1) is 13.2 Å². The summed E-state index contributed by atoms with van der Waals surface area (Å²) in [6.45, 7) is 4.19. The molecule has 5 nitrogen and oxygen atoms in total. The van der Waals surface area contributed by atoms with Crippen molar-refractivity contribution in [1.29, 1.82) is 0 Å². The Balaban J connectivity index is 2.10. The topological polar surface area (TPSA) is 59.5 Å². The van der Waals surface area contributed by atoms with Crippen LogP contribution in [0.4, 0.5) is 0 Å². The third-order valence-electron chi connectivity index (χ3n) is 3.98. The first-order valence-corrected chi connectivity index (χ1v) is 9.40. The normalized spacial score (nSPS) is 16.8. The third kappa shape index (κ3) is 4.91. The number of carbonyl (C=O) groups excluding carboxylic acids is 2. The molecule has 1 aromatic rings. The first-order valence-electron chi connectivity index (χ1n) is 8.09. The summed E-state index contributed by atoms with van der Waals surface area (Å²) in [5.41, 5.74) is 0.307. The van der Waals surface area contributed by atoms with Crippen molar-refractivity contribution in [3.63, 3.8) is 0 Å². The SMILES string of the molecule is CCOC(=O)c1csc(CN(C(=O)C(C)Cl)C2CCCCC2)n1. The van der Waals surface area contributed by atoms with Gasteiger partial charge >= 0.3 is 5.97 Å². The van der Waals surface area contributed by atoms with E-state index in [1.807, 2.05) is 4.90 Å². The highest BCUT2D eigenvalue weighted by Gasteiger charge is 2.28. The molecular formula is C16H23ClN2O3S. The van der Waals surface area contributed by atoms with E-state index in [4.69, 9.17) is 16.3 Å². The van der Waals surface area contributed by atoms with Crippen LogP contribution in [0.15, 0.2) is 5.38 Å². The maximum Gasteiger partial charge on any atom is 0.357 e. The van der Waals surface area contributed by atoms with Crippen molar-refractivity contribution >= 4 is 34.8 Å². The highest BCUT2D eigenvalue weighted by atomic mass is 35.5. The molecular weight excluding hydrogens is 336 g/mol. The zero-order chi connectivity index (χ0) is 16.8. The molecule has 0 bridgehead atoms. The Morgan fingerprint density at radius 1 is 1.43 bits per heavy atom. The summed E-state index contributed by atoms with van der Waals surface area (Å²) >= 11 is 7.40. The molecule has 23 heavy (non-hydrogen) atoms. The number of thiazole rings is 1. The number of hydrogen-bond acceptors (Lipinski definition) is 5. The highest BCUT2D eigenvalue weighted by molar-refractivity contribution is 7.09. The standard InChI is InChI=1S/C16H23ClN2O3S/c1-3-22-16(21)13-10-23-14(18-13)9-19(15(20)11(2)17)12-7-5-4-6-8-12/h10-12H,3-9H2,1-2H3. The molecule has 0 saturated heterocycles. The summed E-state index contributed by atoms with van der Waals surface area (Å²) in [5, 5.41) is 1.87. The summed E-state index contributed by atoms with van der Waals surface area (Å²) in [5.74, 6) is -0.484. The van der Waals surface area contributed by atoms with Gasteiger partial charge in [-0.2, -0.15) is 0 Å². The second-order valence-corrected chi connectivity index (χ2v) is 7.32. The summed E-state index contributed by atoms with van der Waals surface area (Å²) in [7, 11) is 0. The van der Waals surface area contributed by atoms with E-state index in [-0.39, 0.29) is 11.9 Å². The van der Waals surface area contributed by atoms with Crippen LogP contribution in [0, 0.1) is 0 Å². The van der Waals surface area contributed by atoms with E-state index in [2.05, 4.69) is 4.98 Å². The zero-order valence-electron chi connectivity index (χ0n) is 13.6. The van der Waals surface area contributed by atoms with Gasteiger partial charge < -0.3 is 9.64 Å². The van der Waals surface area contributed by atoms with Crippen LogP contribution in [0.5, 0.6) is 0 Å². The quantitative estimate of drug-likeness (QED) is 0.575. The summed E-state index contributed by atoms with van der Waals surface area (Å²) in [6, 6.07) is 0.215. The van der Waals surface area contributed by atoms with Gasteiger partial charge in [-0.1, -0.05) is 19.3 Å². The van der Waals surface area contributed by atoms with Crippen molar-refractivity contribution in [1.82, 2.24) is 9.88 Å².